The third-order valence-corrected chi connectivity index (χ3v) is 1.68. The summed E-state index contributed by atoms with van der Waals surface area (Å²) < 4.78 is 4.40. The molecule has 0 fully saturated rings. The average molecular weight is 194 g/mol. The Morgan fingerprint density at radius 1 is 1.50 bits per heavy atom. The summed E-state index contributed by atoms with van der Waals surface area (Å²) in [6, 6.07) is 0. The summed E-state index contributed by atoms with van der Waals surface area (Å²) in [5, 5.41) is -0.540. The van der Waals surface area contributed by atoms with E-state index in [-0.39, 0.29) is 12.4 Å². The third-order valence-electron chi connectivity index (χ3n) is 1.44. The van der Waals surface area contributed by atoms with E-state index < -0.39 is 5.37 Å². The number of carbonyl (C=O) groups excluding carboxylic acids is 2. The van der Waals surface area contributed by atoms with Crippen molar-refractivity contribution >= 4 is 22.9 Å². The summed E-state index contributed by atoms with van der Waals surface area (Å²) in [5.41, 5.74) is 0. The summed E-state index contributed by atoms with van der Waals surface area (Å²) in [6.45, 7) is 2.60. The second-order valence-corrected chi connectivity index (χ2v) is 2.48. The predicted molar refractivity (Wildman–Crippen MR) is 45.1 cm³/mol. The van der Waals surface area contributed by atoms with Gasteiger partial charge in [0, 0.05) is 13.1 Å². The van der Waals surface area contributed by atoms with Gasteiger partial charge in [-0.3, -0.25) is 9.59 Å². The summed E-state index contributed by atoms with van der Waals surface area (Å²) >= 11 is 5.21. The molecule has 0 heterocycles. The molecule has 0 rings (SSSR count). The van der Waals surface area contributed by atoms with Crippen molar-refractivity contribution in [2.45, 2.75) is 13.3 Å². The molecule has 0 aliphatic rings. The minimum atomic E-state index is -0.540. The predicted octanol–water partition coefficient (Wildman–Crippen LogP) is 1.23. The maximum absolute atomic E-state index is 10.7. The fraction of sp³-hybridized carbons (Fsp3) is 0.714. The van der Waals surface area contributed by atoms with Gasteiger partial charge in [0.25, 0.3) is 0 Å². The number of hydrogen-bond acceptors (Lipinski definition) is 3. The first-order valence-electron chi connectivity index (χ1n) is 3.63. The molecule has 0 aromatic heterocycles. The first kappa shape index (κ1) is 11.2. The van der Waals surface area contributed by atoms with Crippen molar-refractivity contribution in [3.63, 3.8) is 0 Å². The molecular weight excluding hydrogens is 182 g/mol. The zero-order chi connectivity index (χ0) is 9.56. The lowest BCUT2D eigenvalue weighted by atomic mass is 10.4. The van der Waals surface area contributed by atoms with E-state index in [4.69, 9.17) is 11.6 Å². The highest BCUT2D eigenvalue weighted by Crippen LogP contribution is 1.98. The number of amides is 1. The van der Waals surface area contributed by atoms with Gasteiger partial charge in [0.15, 0.2) is 0 Å². The van der Waals surface area contributed by atoms with Gasteiger partial charge in [-0.2, -0.15) is 0 Å². The highest BCUT2D eigenvalue weighted by Gasteiger charge is 2.09. The van der Waals surface area contributed by atoms with Crippen molar-refractivity contribution in [3.05, 3.63) is 0 Å². The molecule has 0 unspecified atom stereocenters. The van der Waals surface area contributed by atoms with Crippen molar-refractivity contribution in [3.8, 4) is 0 Å². The van der Waals surface area contributed by atoms with Crippen molar-refractivity contribution in [2.24, 2.45) is 0 Å². The second kappa shape index (κ2) is 5.83. The van der Waals surface area contributed by atoms with E-state index in [0.29, 0.717) is 13.1 Å². The fourth-order valence-corrected chi connectivity index (χ4v) is 0.903. The first-order chi connectivity index (χ1) is 5.61. The van der Waals surface area contributed by atoms with Gasteiger partial charge in [0.2, 0.25) is 0 Å². The van der Waals surface area contributed by atoms with Gasteiger partial charge in [0.1, 0.15) is 0 Å². The average Bonchev–Trinajstić information content (AvgIpc) is 2.04. The van der Waals surface area contributed by atoms with Crippen LogP contribution in [-0.4, -0.2) is 36.4 Å². The Hall–Kier alpha value is -0.770. The van der Waals surface area contributed by atoms with Crippen LogP contribution in [0.4, 0.5) is 4.79 Å². The van der Waals surface area contributed by atoms with Gasteiger partial charge in [-0.25, -0.2) is 0 Å². The van der Waals surface area contributed by atoms with Gasteiger partial charge in [-0.15, -0.1) is 0 Å². The molecule has 0 aromatic carbocycles. The van der Waals surface area contributed by atoms with E-state index in [1.54, 1.807) is 6.92 Å². The second-order valence-electron chi connectivity index (χ2n) is 2.16. The van der Waals surface area contributed by atoms with Crippen LogP contribution < -0.4 is 0 Å². The Bertz CT molecular complexity index is 172. The van der Waals surface area contributed by atoms with Crippen molar-refractivity contribution in [1.29, 1.82) is 0 Å². The number of nitrogens with zero attached hydrogens (tertiary/aromatic N) is 1. The molecule has 0 bridgehead atoms. The topological polar surface area (TPSA) is 46.6 Å². The Kier molecular flexibility index (Phi) is 5.45. The smallest absolute Gasteiger partial charge is 0.316 e. The lowest BCUT2D eigenvalue weighted by Crippen LogP contribution is -2.28. The first-order valence-corrected chi connectivity index (χ1v) is 4.00. The van der Waals surface area contributed by atoms with Gasteiger partial charge < -0.3 is 9.64 Å². The number of halogens is 1. The van der Waals surface area contributed by atoms with E-state index in [2.05, 4.69) is 4.74 Å². The summed E-state index contributed by atoms with van der Waals surface area (Å²) in [7, 11) is 1.31. The van der Waals surface area contributed by atoms with Crippen LogP contribution in [0.5, 0.6) is 0 Å². The van der Waals surface area contributed by atoms with Gasteiger partial charge in [0.05, 0.1) is 13.5 Å². The number of methoxy groups -OCH3 is 1. The van der Waals surface area contributed by atoms with Crippen molar-refractivity contribution in [2.75, 3.05) is 20.2 Å². The van der Waals surface area contributed by atoms with Crippen LogP contribution in [0.15, 0.2) is 0 Å². The highest BCUT2D eigenvalue weighted by atomic mass is 35.5. The molecule has 70 valence electrons. The lowest BCUT2D eigenvalue weighted by Gasteiger charge is -2.15. The minimum Gasteiger partial charge on any atom is -0.469 e. The van der Waals surface area contributed by atoms with Crippen LogP contribution in [-0.2, 0) is 9.53 Å². The molecule has 0 N–H and O–H groups in total. The van der Waals surface area contributed by atoms with Gasteiger partial charge in [-0.1, -0.05) is 0 Å². The van der Waals surface area contributed by atoms with E-state index in [1.807, 2.05) is 0 Å². The van der Waals surface area contributed by atoms with Crippen LogP contribution in [0.3, 0.4) is 0 Å². The molecular formula is C7H12ClNO3. The summed E-state index contributed by atoms with van der Waals surface area (Å²) in [6.07, 6.45) is 0.183. The number of hydrogen-bond donors (Lipinski definition) is 0. The quantitative estimate of drug-likeness (QED) is 0.383. The molecule has 0 spiro atoms. The van der Waals surface area contributed by atoms with Gasteiger partial charge >= 0.3 is 11.3 Å². The van der Waals surface area contributed by atoms with E-state index >= 15 is 0 Å². The van der Waals surface area contributed by atoms with Gasteiger partial charge in [-0.05, 0) is 18.5 Å². The summed E-state index contributed by atoms with van der Waals surface area (Å²) in [5.74, 6) is -0.341. The van der Waals surface area contributed by atoms with Crippen LogP contribution in [0.2, 0.25) is 0 Å². The minimum absolute atomic E-state index is 0.183. The lowest BCUT2D eigenvalue weighted by molar-refractivity contribution is -0.140. The maximum Gasteiger partial charge on any atom is 0.316 e. The Morgan fingerprint density at radius 2 is 2.08 bits per heavy atom. The normalized spacial score (nSPS) is 9.25. The fourth-order valence-electron chi connectivity index (χ4n) is 0.699. The molecule has 4 nitrogen and oxygen atoms in total. The molecule has 1 amide bonds. The number of rotatable bonds is 4. The molecule has 0 radical (unpaired) electrons. The number of ether oxygens (including phenoxy) is 1. The zero-order valence-corrected chi connectivity index (χ0v) is 7.93. The molecule has 0 saturated heterocycles. The van der Waals surface area contributed by atoms with Crippen molar-refractivity contribution < 1.29 is 14.3 Å². The van der Waals surface area contributed by atoms with E-state index in [9.17, 15) is 9.59 Å². The molecule has 0 aromatic rings. The number of esters is 1. The maximum atomic E-state index is 10.7. The SMILES string of the molecule is CCN(CCC(=O)OC)C(=O)Cl. The van der Waals surface area contributed by atoms with Crippen molar-refractivity contribution in [1.82, 2.24) is 4.90 Å². The van der Waals surface area contributed by atoms with Crippen LogP contribution in [0.1, 0.15) is 13.3 Å². The Balaban J connectivity index is 3.73. The molecule has 5 heteroatoms. The molecule has 0 saturated carbocycles. The molecule has 0 atom stereocenters. The van der Waals surface area contributed by atoms with E-state index in [0.717, 1.165) is 0 Å². The van der Waals surface area contributed by atoms with Crippen LogP contribution in [0.25, 0.3) is 0 Å². The Morgan fingerprint density at radius 3 is 2.42 bits per heavy atom. The van der Waals surface area contributed by atoms with Crippen LogP contribution >= 0.6 is 11.6 Å². The Labute approximate surface area is 76.4 Å². The monoisotopic (exact) mass is 193 g/mol. The van der Waals surface area contributed by atoms with E-state index in [1.165, 1.54) is 12.0 Å². The third kappa shape index (κ3) is 4.18. The standard InChI is InChI=1S/C7H12ClNO3/c1-3-9(7(8)11)5-4-6(10)12-2/h3-5H2,1-2H3. The largest absolute Gasteiger partial charge is 0.469 e. The highest BCUT2D eigenvalue weighted by molar-refractivity contribution is 6.62. The number of carbonyl (C=O) groups is 2. The molecule has 0 aliphatic heterocycles. The summed E-state index contributed by atoms with van der Waals surface area (Å²) in [4.78, 5) is 22.6. The molecule has 0 aliphatic carbocycles. The molecule has 12 heavy (non-hydrogen) atoms. The van der Waals surface area contributed by atoms with Crippen LogP contribution in [0, 0.1) is 0 Å². The zero-order valence-electron chi connectivity index (χ0n) is 7.17.